The van der Waals surface area contributed by atoms with Crippen LogP contribution in [0.4, 0.5) is 0 Å². The number of allylic oxidation sites excluding steroid dienone is 2. The molecule has 2 fully saturated rings. The number of carbonyl (C=O) groups is 1. The van der Waals surface area contributed by atoms with Gasteiger partial charge >= 0.3 is 5.97 Å². The molecule has 2 nitrogen and oxygen atoms in total. The van der Waals surface area contributed by atoms with Gasteiger partial charge in [-0.15, -0.1) is 0 Å². The monoisotopic (exact) mass is 220 g/mol. The second-order valence-corrected chi connectivity index (χ2v) is 5.93. The van der Waals surface area contributed by atoms with Crippen molar-refractivity contribution in [2.24, 2.45) is 29.6 Å². The Hall–Kier alpha value is -0.790. The summed E-state index contributed by atoms with van der Waals surface area (Å²) in [6.45, 7) is 3.82. The molecule has 0 aliphatic heterocycles. The molecule has 3 aliphatic rings. The number of hydrogen-bond acceptors (Lipinski definition) is 2. The highest BCUT2D eigenvalue weighted by Gasteiger charge is 2.53. The number of fused-ring (bicyclic) bond motifs is 5. The molecule has 2 saturated carbocycles. The molecule has 3 unspecified atom stereocenters. The van der Waals surface area contributed by atoms with Gasteiger partial charge in [0.15, 0.2) is 0 Å². The average molecular weight is 220 g/mol. The minimum Gasteiger partial charge on any atom is -0.462 e. The molecule has 0 heterocycles. The zero-order valence-corrected chi connectivity index (χ0v) is 10.1. The molecule has 0 aromatic heterocycles. The maximum atomic E-state index is 11.6. The van der Waals surface area contributed by atoms with E-state index in [1.165, 1.54) is 12.8 Å². The number of rotatable bonds is 2. The van der Waals surface area contributed by atoms with E-state index in [0.717, 1.165) is 18.3 Å². The van der Waals surface area contributed by atoms with E-state index in [-0.39, 0.29) is 18.0 Å². The summed E-state index contributed by atoms with van der Waals surface area (Å²) < 4.78 is 5.64. The van der Waals surface area contributed by atoms with Crippen molar-refractivity contribution >= 4 is 5.97 Å². The molecule has 5 atom stereocenters. The van der Waals surface area contributed by atoms with E-state index in [1.54, 1.807) is 0 Å². The van der Waals surface area contributed by atoms with E-state index in [0.29, 0.717) is 11.8 Å². The topological polar surface area (TPSA) is 26.3 Å². The summed E-state index contributed by atoms with van der Waals surface area (Å²) in [5.41, 5.74) is 0. The first-order valence-corrected chi connectivity index (χ1v) is 6.54. The number of ether oxygens (including phenoxy) is 1. The molecule has 16 heavy (non-hydrogen) atoms. The van der Waals surface area contributed by atoms with Gasteiger partial charge in [0, 0.05) is 5.92 Å². The highest BCUT2D eigenvalue weighted by molar-refractivity contribution is 5.71. The van der Waals surface area contributed by atoms with Crippen LogP contribution in [0.3, 0.4) is 0 Å². The lowest BCUT2D eigenvalue weighted by Gasteiger charge is -2.31. The van der Waals surface area contributed by atoms with Crippen molar-refractivity contribution < 1.29 is 9.53 Å². The lowest BCUT2D eigenvalue weighted by atomic mass is 9.80. The molecule has 2 bridgehead atoms. The third-order valence-corrected chi connectivity index (χ3v) is 4.69. The number of carbonyl (C=O) groups excluding carboxylic acids is 1. The van der Waals surface area contributed by atoms with Crippen LogP contribution in [0.1, 0.15) is 33.1 Å². The van der Waals surface area contributed by atoms with Crippen LogP contribution < -0.4 is 0 Å². The third kappa shape index (κ3) is 1.42. The highest BCUT2D eigenvalue weighted by atomic mass is 16.5. The summed E-state index contributed by atoms with van der Waals surface area (Å²) in [7, 11) is 0. The van der Waals surface area contributed by atoms with Crippen molar-refractivity contribution in [1.82, 2.24) is 0 Å². The minimum atomic E-state index is -0.0175. The molecular weight excluding hydrogens is 200 g/mol. The predicted molar refractivity (Wildman–Crippen MR) is 61.7 cm³/mol. The van der Waals surface area contributed by atoms with Crippen molar-refractivity contribution in [2.75, 3.05) is 0 Å². The van der Waals surface area contributed by atoms with Crippen LogP contribution in [0.15, 0.2) is 12.2 Å². The summed E-state index contributed by atoms with van der Waals surface area (Å²) in [6, 6.07) is 0. The molecule has 2 heteroatoms. The quantitative estimate of drug-likeness (QED) is 0.528. The van der Waals surface area contributed by atoms with Gasteiger partial charge in [0.1, 0.15) is 6.10 Å². The predicted octanol–water partition coefficient (Wildman–Crippen LogP) is 2.79. The Morgan fingerprint density at radius 2 is 2.12 bits per heavy atom. The molecule has 0 saturated heterocycles. The van der Waals surface area contributed by atoms with Gasteiger partial charge in [0.25, 0.3) is 0 Å². The Bertz CT molecular complexity index is 332. The van der Waals surface area contributed by atoms with Gasteiger partial charge in [-0.25, -0.2) is 0 Å². The number of hydrogen-bond donors (Lipinski definition) is 0. The normalized spacial score (nSPS) is 44.1. The van der Waals surface area contributed by atoms with Crippen molar-refractivity contribution in [1.29, 1.82) is 0 Å². The van der Waals surface area contributed by atoms with Crippen LogP contribution in [0, 0.1) is 29.6 Å². The SMILES string of the molecule is CC(C)C(=O)OC1C[C@H]2C[C@@H]1C1C=CCC12. The standard InChI is InChI=1S/C14H20O2/c1-8(2)14(15)16-13-7-9-6-12(13)11-5-3-4-10(9)11/h3,5,8-13H,4,6-7H2,1-2H3/t9-,10?,11?,12-,13?/m1/s1. The van der Waals surface area contributed by atoms with Crippen LogP contribution in [0.5, 0.6) is 0 Å². The largest absolute Gasteiger partial charge is 0.462 e. The van der Waals surface area contributed by atoms with Gasteiger partial charge in [0.2, 0.25) is 0 Å². The minimum absolute atomic E-state index is 0.00837. The fourth-order valence-corrected chi connectivity index (χ4v) is 3.91. The molecule has 0 spiro atoms. The summed E-state index contributed by atoms with van der Waals surface area (Å²) in [5, 5.41) is 0. The Kier molecular flexibility index (Phi) is 2.34. The zero-order valence-electron chi connectivity index (χ0n) is 10.1. The van der Waals surface area contributed by atoms with E-state index in [2.05, 4.69) is 12.2 Å². The summed E-state index contributed by atoms with van der Waals surface area (Å²) in [6.07, 6.45) is 8.56. The van der Waals surface area contributed by atoms with Crippen molar-refractivity contribution in [3.63, 3.8) is 0 Å². The first kappa shape index (κ1) is 10.4. The molecule has 3 aliphatic carbocycles. The molecular formula is C14H20O2. The molecule has 0 radical (unpaired) electrons. The zero-order chi connectivity index (χ0) is 11.3. The van der Waals surface area contributed by atoms with Crippen LogP contribution in [0.2, 0.25) is 0 Å². The van der Waals surface area contributed by atoms with Crippen molar-refractivity contribution in [3.8, 4) is 0 Å². The van der Waals surface area contributed by atoms with Gasteiger partial charge in [0.05, 0.1) is 5.92 Å². The summed E-state index contributed by atoms with van der Waals surface area (Å²) in [5.74, 6) is 3.01. The molecule has 88 valence electrons. The van der Waals surface area contributed by atoms with E-state index < -0.39 is 0 Å². The number of esters is 1. The smallest absolute Gasteiger partial charge is 0.308 e. The Morgan fingerprint density at radius 3 is 2.88 bits per heavy atom. The fraction of sp³-hybridized carbons (Fsp3) is 0.786. The maximum absolute atomic E-state index is 11.6. The maximum Gasteiger partial charge on any atom is 0.308 e. The Labute approximate surface area is 97.1 Å². The van der Waals surface area contributed by atoms with Gasteiger partial charge in [-0.3, -0.25) is 4.79 Å². The lowest BCUT2D eigenvalue weighted by Crippen LogP contribution is -2.33. The Balaban J connectivity index is 1.68. The first-order chi connectivity index (χ1) is 7.66. The summed E-state index contributed by atoms with van der Waals surface area (Å²) in [4.78, 5) is 11.6. The fourth-order valence-electron chi connectivity index (χ4n) is 3.91. The van der Waals surface area contributed by atoms with Crippen molar-refractivity contribution in [2.45, 2.75) is 39.2 Å². The second-order valence-electron chi connectivity index (χ2n) is 5.93. The molecule has 0 N–H and O–H groups in total. The highest BCUT2D eigenvalue weighted by Crippen LogP contribution is 2.57. The van der Waals surface area contributed by atoms with E-state index in [1.807, 2.05) is 13.8 Å². The molecule has 0 aromatic carbocycles. The van der Waals surface area contributed by atoms with Crippen LogP contribution in [0.25, 0.3) is 0 Å². The first-order valence-electron chi connectivity index (χ1n) is 6.54. The van der Waals surface area contributed by atoms with E-state index >= 15 is 0 Å². The second kappa shape index (κ2) is 3.61. The van der Waals surface area contributed by atoms with Crippen LogP contribution >= 0.6 is 0 Å². The molecule has 0 amide bonds. The van der Waals surface area contributed by atoms with Gasteiger partial charge in [-0.1, -0.05) is 26.0 Å². The Morgan fingerprint density at radius 1 is 1.31 bits per heavy atom. The summed E-state index contributed by atoms with van der Waals surface area (Å²) >= 11 is 0. The van der Waals surface area contributed by atoms with Gasteiger partial charge in [-0.2, -0.15) is 0 Å². The van der Waals surface area contributed by atoms with Crippen LogP contribution in [-0.4, -0.2) is 12.1 Å². The van der Waals surface area contributed by atoms with Gasteiger partial charge < -0.3 is 4.74 Å². The van der Waals surface area contributed by atoms with Crippen LogP contribution in [-0.2, 0) is 9.53 Å². The van der Waals surface area contributed by atoms with Crippen molar-refractivity contribution in [3.05, 3.63) is 12.2 Å². The average Bonchev–Trinajstić information content (AvgIpc) is 2.87. The van der Waals surface area contributed by atoms with Gasteiger partial charge in [-0.05, 0) is 37.0 Å². The molecule has 0 aromatic rings. The van der Waals surface area contributed by atoms with E-state index in [9.17, 15) is 4.79 Å². The van der Waals surface area contributed by atoms with E-state index in [4.69, 9.17) is 4.74 Å². The third-order valence-electron chi connectivity index (χ3n) is 4.69. The lowest BCUT2D eigenvalue weighted by molar-refractivity contribution is -0.156. The molecule has 3 rings (SSSR count).